The highest BCUT2D eigenvalue weighted by Crippen LogP contribution is 2.27. The summed E-state index contributed by atoms with van der Waals surface area (Å²) in [7, 11) is 0. The van der Waals surface area contributed by atoms with Crippen molar-refractivity contribution >= 4 is 17.7 Å². The number of hydrogen-bond donors (Lipinski definition) is 2. The number of carbonyl (C=O) groups excluding carboxylic acids is 1. The first kappa shape index (κ1) is 19.8. The molecule has 0 saturated carbocycles. The third-order valence-electron chi connectivity index (χ3n) is 4.28. The van der Waals surface area contributed by atoms with Crippen molar-refractivity contribution in [3.05, 3.63) is 41.3 Å². The predicted molar refractivity (Wildman–Crippen MR) is 98.3 cm³/mol. The summed E-state index contributed by atoms with van der Waals surface area (Å²) < 4.78 is 37.5. The van der Waals surface area contributed by atoms with Crippen LogP contribution in [-0.2, 0) is 6.18 Å². The third kappa shape index (κ3) is 5.08. The summed E-state index contributed by atoms with van der Waals surface area (Å²) in [4.78, 5) is 26.3. The smallest absolute Gasteiger partial charge is 0.356 e. The van der Waals surface area contributed by atoms with Gasteiger partial charge in [0, 0.05) is 44.1 Å². The first-order valence-electron chi connectivity index (χ1n) is 8.99. The fourth-order valence-electron chi connectivity index (χ4n) is 2.89. The number of aryl methyl sites for hydroxylation is 1. The number of aromatic nitrogens is 3. The predicted octanol–water partition coefficient (Wildman–Crippen LogP) is 2.64. The number of rotatable bonds is 6. The highest BCUT2D eigenvalue weighted by molar-refractivity contribution is 5.93. The molecular formula is C18H21F3N6O. The Balaban J connectivity index is 1.49. The van der Waals surface area contributed by atoms with Crippen molar-refractivity contribution in [2.75, 3.05) is 36.4 Å². The molecule has 0 atom stereocenters. The molecule has 2 aromatic rings. The fraction of sp³-hybridized carbons (Fsp3) is 0.444. The van der Waals surface area contributed by atoms with Gasteiger partial charge < -0.3 is 15.5 Å². The van der Waals surface area contributed by atoms with Crippen LogP contribution in [0.1, 0.15) is 34.6 Å². The van der Waals surface area contributed by atoms with Crippen molar-refractivity contribution in [2.45, 2.75) is 25.9 Å². The minimum Gasteiger partial charge on any atom is -0.356 e. The molecule has 3 heterocycles. The van der Waals surface area contributed by atoms with E-state index in [9.17, 15) is 18.0 Å². The number of nitrogens with one attached hydrogen (secondary N) is 2. The van der Waals surface area contributed by atoms with Gasteiger partial charge in [0.2, 0.25) is 5.95 Å². The standard InChI is InChI=1S/C18H21F3N6O/c1-12-10-15(27-8-2-3-9-27)26-17(25-12)23-7-6-22-16(28)13-4-5-14(24-11-13)18(19,20)21/h4-5,10-11H,2-3,6-9H2,1H3,(H,22,28)(H,23,25,26). The van der Waals surface area contributed by atoms with Crippen LogP contribution in [0, 0.1) is 6.92 Å². The van der Waals surface area contributed by atoms with Gasteiger partial charge in [-0.3, -0.25) is 9.78 Å². The second-order valence-electron chi connectivity index (χ2n) is 6.50. The lowest BCUT2D eigenvalue weighted by Crippen LogP contribution is -2.29. The highest BCUT2D eigenvalue weighted by atomic mass is 19.4. The van der Waals surface area contributed by atoms with Gasteiger partial charge in [-0.15, -0.1) is 0 Å². The Kier molecular flexibility index (Phi) is 5.96. The summed E-state index contributed by atoms with van der Waals surface area (Å²) in [5, 5.41) is 5.68. The molecule has 0 aromatic carbocycles. The van der Waals surface area contributed by atoms with Crippen LogP contribution in [0.2, 0.25) is 0 Å². The zero-order valence-electron chi connectivity index (χ0n) is 15.4. The van der Waals surface area contributed by atoms with Crippen LogP contribution >= 0.6 is 0 Å². The van der Waals surface area contributed by atoms with Crippen molar-refractivity contribution < 1.29 is 18.0 Å². The maximum absolute atomic E-state index is 12.5. The van der Waals surface area contributed by atoms with Crippen molar-refractivity contribution in [2.24, 2.45) is 0 Å². The quantitative estimate of drug-likeness (QED) is 0.733. The number of halogens is 3. The molecule has 7 nitrogen and oxygen atoms in total. The topological polar surface area (TPSA) is 83.0 Å². The van der Waals surface area contributed by atoms with Crippen LogP contribution in [0.3, 0.4) is 0 Å². The molecule has 0 radical (unpaired) electrons. The van der Waals surface area contributed by atoms with E-state index in [2.05, 4.69) is 30.5 Å². The molecular weight excluding hydrogens is 373 g/mol. The zero-order chi connectivity index (χ0) is 20.1. The number of anilines is 2. The van der Waals surface area contributed by atoms with E-state index in [-0.39, 0.29) is 12.1 Å². The van der Waals surface area contributed by atoms with Crippen LogP contribution in [0.4, 0.5) is 24.9 Å². The largest absolute Gasteiger partial charge is 0.433 e. The molecule has 1 aliphatic rings. The van der Waals surface area contributed by atoms with Gasteiger partial charge in [-0.25, -0.2) is 4.98 Å². The molecule has 3 rings (SSSR count). The first-order valence-corrected chi connectivity index (χ1v) is 8.99. The molecule has 150 valence electrons. The summed E-state index contributed by atoms with van der Waals surface area (Å²) in [6.07, 6.45) is -1.31. The van der Waals surface area contributed by atoms with E-state index in [1.165, 1.54) is 0 Å². The average molecular weight is 394 g/mol. The number of carbonyl (C=O) groups is 1. The Hall–Kier alpha value is -2.91. The Labute approximate surface area is 160 Å². The third-order valence-corrected chi connectivity index (χ3v) is 4.28. The van der Waals surface area contributed by atoms with Gasteiger partial charge in [-0.05, 0) is 31.9 Å². The zero-order valence-corrected chi connectivity index (χ0v) is 15.4. The second kappa shape index (κ2) is 8.41. The van der Waals surface area contributed by atoms with Crippen molar-refractivity contribution in [3.63, 3.8) is 0 Å². The van der Waals surface area contributed by atoms with Crippen LogP contribution in [0.25, 0.3) is 0 Å². The monoisotopic (exact) mass is 394 g/mol. The van der Waals surface area contributed by atoms with E-state index in [4.69, 9.17) is 0 Å². The van der Waals surface area contributed by atoms with Gasteiger partial charge in [0.15, 0.2) is 0 Å². The molecule has 28 heavy (non-hydrogen) atoms. The van der Waals surface area contributed by atoms with E-state index < -0.39 is 17.8 Å². The highest BCUT2D eigenvalue weighted by Gasteiger charge is 2.32. The molecule has 1 amide bonds. The molecule has 1 aliphatic heterocycles. The van der Waals surface area contributed by atoms with Crippen LogP contribution in [0.15, 0.2) is 24.4 Å². The molecule has 1 saturated heterocycles. The lowest BCUT2D eigenvalue weighted by molar-refractivity contribution is -0.141. The lowest BCUT2D eigenvalue weighted by atomic mass is 10.2. The van der Waals surface area contributed by atoms with Gasteiger partial charge >= 0.3 is 6.18 Å². The van der Waals surface area contributed by atoms with Gasteiger partial charge in [-0.2, -0.15) is 18.2 Å². The van der Waals surface area contributed by atoms with Gasteiger partial charge in [0.05, 0.1) is 5.56 Å². The molecule has 2 N–H and O–H groups in total. The van der Waals surface area contributed by atoms with Crippen molar-refractivity contribution in [1.29, 1.82) is 0 Å². The fourth-order valence-corrected chi connectivity index (χ4v) is 2.89. The molecule has 10 heteroatoms. The Bertz CT molecular complexity index is 819. The number of hydrogen-bond acceptors (Lipinski definition) is 6. The summed E-state index contributed by atoms with van der Waals surface area (Å²) in [5.74, 6) is 0.866. The SMILES string of the molecule is Cc1cc(N2CCCC2)nc(NCCNC(=O)c2ccc(C(F)(F)F)nc2)n1. The molecule has 0 bridgehead atoms. The minimum atomic E-state index is -4.53. The minimum absolute atomic E-state index is 0.0659. The Morgan fingerprint density at radius 1 is 1.18 bits per heavy atom. The number of pyridine rings is 1. The summed E-state index contributed by atoms with van der Waals surface area (Å²) in [6, 6.07) is 3.83. The molecule has 0 aliphatic carbocycles. The normalized spacial score (nSPS) is 14.2. The molecule has 0 spiro atoms. The average Bonchev–Trinajstić information content (AvgIpc) is 3.19. The van der Waals surface area contributed by atoms with E-state index in [0.29, 0.717) is 12.5 Å². The van der Waals surface area contributed by atoms with E-state index >= 15 is 0 Å². The molecule has 0 unspecified atom stereocenters. The maximum Gasteiger partial charge on any atom is 0.433 e. The first-order chi connectivity index (χ1) is 13.3. The van der Waals surface area contributed by atoms with Gasteiger partial charge in [0.25, 0.3) is 5.91 Å². The van der Waals surface area contributed by atoms with E-state index in [1.807, 2.05) is 13.0 Å². The lowest BCUT2D eigenvalue weighted by Gasteiger charge is -2.17. The summed E-state index contributed by atoms with van der Waals surface area (Å²) in [6.45, 7) is 4.49. The van der Waals surface area contributed by atoms with Crippen LogP contribution in [-0.4, -0.2) is 47.0 Å². The summed E-state index contributed by atoms with van der Waals surface area (Å²) >= 11 is 0. The molecule has 1 fully saturated rings. The maximum atomic E-state index is 12.5. The van der Waals surface area contributed by atoms with Crippen LogP contribution in [0.5, 0.6) is 0 Å². The Morgan fingerprint density at radius 3 is 2.57 bits per heavy atom. The number of amides is 1. The Morgan fingerprint density at radius 2 is 1.93 bits per heavy atom. The second-order valence-corrected chi connectivity index (χ2v) is 6.50. The number of alkyl halides is 3. The van der Waals surface area contributed by atoms with Gasteiger partial charge in [-0.1, -0.05) is 0 Å². The van der Waals surface area contributed by atoms with Gasteiger partial charge in [0.1, 0.15) is 11.5 Å². The van der Waals surface area contributed by atoms with E-state index in [1.54, 1.807) is 0 Å². The van der Waals surface area contributed by atoms with Crippen molar-refractivity contribution in [1.82, 2.24) is 20.3 Å². The van der Waals surface area contributed by atoms with Crippen molar-refractivity contribution in [3.8, 4) is 0 Å². The van der Waals surface area contributed by atoms with Crippen LogP contribution < -0.4 is 15.5 Å². The number of nitrogens with zero attached hydrogens (tertiary/aromatic N) is 4. The molecule has 2 aromatic heterocycles. The summed E-state index contributed by atoms with van der Waals surface area (Å²) in [5.41, 5.74) is -0.119. The van der Waals surface area contributed by atoms with E-state index in [0.717, 1.165) is 55.8 Å².